The summed E-state index contributed by atoms with van der Waals surface area (Å²) in [6.45, 7) is 6.71. The summed E-state index contributed by atoms with van der Waals surface area (Å²) in [5.41, 5.74) is 0.697. The number of nitrogens with zero attached hydrogens (tertiary/aromatic N) is 1. The summed E-state index contributed by atoms with van der Waals surface area (Å²) >= 11 is 3.42. The number of esters is 1. The highest BCUT2D eigenvalue weighted by Gasteiger charge is 2.10. The fourth-order valence-electron chi connectivity index (χ4n) is 1.49. The summed E-state index contributed by atoms with van der Waals surface area (Å²) in [4.78, 5) is 11.6. The molecule has 21 heavy (non-hydrogen) atoms. The van der Waals surface area contributed by atoms with Gasteiger partial charge in [0.2, 0.25) is 0 Å². The van der Waals surface area contributed by atoms with Crippen molar-refractivity contribution in [2.45, 2.75) is 20.8 Å². The van der Waals surface area contributed by atoms with Gasteiger partial charge >= 0.3 is 5.97 Å². The van der Waals surface area contributed by atoms with Crippen LogP contribution in [0.5, 0.6) is 5.75 Å². The predicted molar refractivity (Wildman–Crippen MR) is 84.7 cm³/mol. The lowest BCUT2D eigenvalue weighted by Gasteiger charge is -2.10. The average molecular weight is 352 g/mol. The molecule has 0 radical (unpaired) electrons. The Kier molecular flexibility index (Phi) is 6.97. The third-order valence-corrected chi connectivity index (χ3v) is 3.07. The molecule has 4 nitrogen and oxygen atoms in total. The maximum absolute atomic E-state index is 11.6. The molecular weight excluding hydrogens is 334 g/mol. The Labute approximate surface area is 133 Å². The molecule has 0 N–H and O–H groups in total. The molecule has 0 saturated carbocycles. The molecule has 0 unspecified atom stereocenters. The number of carbonyl (C=O) groups excluding carboxylic acids is 1. The van der Waals surface area contributed by atoms with Crippen molar-refractivity contribution < 1.29 is 14.3 Å². The van der Waals surface area contributed by atoms with Gasteiger partial charge in [0.15, 0.2) is 0 Å². The van der Waals surface area contributed by atoms with Gasteiger partial charge in [-0.25, -0.2) is 4.79 Å². The third kappa shape index (κ3) is 5.60. The predicted octanol–water partition coefficient (Wildman–Crippen LogP) is 3.95. The van der Waals surface area contributed by atoms with Crippen LogP contribution in [0.15, 0.2) is 28.2 Å². The fraction of sp³-hybridized carbons (Fsp3) is 0.375. The first kappa shape index (κ1) is 17.3. The zero-order valence-electron chi connectivity index (χ0n) is 12.4. The van der Waals surface area contributed by atoms with Gasteiger partial charge in [-0.05, 0) is 52.5 Å². The van der Waals surface area contributed by atoms with E-state index in [1.54, 1.807) is 25.1 Å². The van der Waals surface area contributed by atoms with Crippen LogP contribution in [0.3, 0.4) is 0 Å². The van der Waals surface area contributed by atoms with E-state index < -0.39 is 5.97 Å². The van der Waals surface area contributed by atoms with Gasteiger partial charge in [-0.3, -0.25) is 0 Å². The standard InChI is InChI=1S/C16H18BrNO3/c1-4-20-16(19)13(9-18)7-12-5-6-15(14(17)8-12)21-10-11(2)3/h5-8,11H,4,10H2,1-3H3/b13-7-. The summed E-state index contributed by atoms with van der Waals surface area (Å²) in [7, 11) is 0. The van der Waals surface area contributed by atoms with Crippen LogP contribution < -0.4 is 4.74 Å². The first-order chi connectivity index (χ1) is 9.97. The van der Waals surface area contributed by atoms with Gasteiger partial charge in [-0.15, -0.1) is 0 Å². The van der Waals surface area contributed by atoms with E-state index in [0.29, 0.717) is 12.5 Å². The van der Waals surface area contributed by atoms with E-state index in [4.69, 9.17) is 14.7 Å². The molecule has 5 heteroatoms. The van der Waals surface area contributed by atoms with E-state index in [9.17, 15) is 4.79 Å². The molecule has 1 aromatic rings. The maximum Gasteiger partial charge on any atom is 0.348 e. The minimum Gasteiger partial charge on any atom is -0.492 e. The molecular formula is C16H18BrNO3. The Morgan fingerprint density at radius 2 is 2.19 bits per heavy atom. The lowest BCUT2D eigenvalue weighted by Crippen LogP contribution is -2.06. The molecule has 112 valence electrons. The summed E-state index contributed by atoms with van der Waals surface area (Å²) in [6.07, 6.45) is 1.50. The molecule has 0 aliphatic rings. The van der Waals surface area contributed by atoms with E-state index in [1.165, 1.54) is 6.08 Å². The molecule has 0 bridgehead atoms. The van der Waals surface area contributed by atoms with Crippen LogP contribution in [0, 0.1) is 17.2 Å². The Morgan fingerprint density at radius 1 is 1.48 bits per heavy atom. The van der Waals surface area contributed by atoms with Gasteiger partial charge < -0.3 is 9.47 Å². The van der Waals surface area contributed by atoms with Crippen LogP contribution in [0.4, 0.5) is 0 Å². The molecule has 0 spiro atoms. The first-order valence-corrected chi connectivity index (χ1v) is 7.48. The van der Waals surface area contributed by atoms with Crippen molar-refractivity contribution in [3.8, 4) is 11.8 Å². The summed E-state index contributed by atoms with van der Waals surface area (Å²) in [5.74, 6) is 0.553. The smallest absolute Gasteiger partial charge is 0.348 e. The van der Waals surface area contributed by atoms with Crippen molar-refractivity contribution >= 4 is 28.0 Å². The van der Waals surface area contributed by atoms with Crippen molar-refractivity contribution in [3.05, 3.63) is 33.8 Å². The number of hydrogen-bond acceptors (Lipinski definition) is 4. The largest absolute Gasteiger partial charge is 0.492 e. The molecule has 0 fully saturated rings. The van der Waals surface area contributed by atoms with E-state index in [2.05, 4.69) is 29.8 Å². The fourth-order valence-corrected chi connectivity index (χ4v) is 2.00. The second-order valence-electron chi connectivity index (χ2n) is 4.78. The molecule has 0 aliphatic heterocycles. The second kappa shape index (κ2) is 8.48. The Bertz CT molecular complexity index is 573. The number of carbonyl (C=O) groups is 1. The summed E-state index contributed by atoms with van der Waals surface area (Å²) in [5, 5.41) is 9.00. The van der Waals surface area contributed by atoms with E-state index in [1.807, 2.05) is 6.07 Å². The number of rotatable bonds is 6. The monoisotopic (exact) mass is 351 g/mol. The van der Waals surface area contributed by atoms with Crippen molar-refractivity contribution in [1.29, 1.82) is 5.26 Å². The van der Waals surface area contributed by atoms with Gasteiger partial charge in [-0.1, -0.05) is 19.9 Å². The Hall–Kier alpha value is -1.80. The summed E-state index contributed by atoms with van der Waals surface area (Å²) in [6, 6.07) is 7.24. The topological polar surface area (TPSA) is 59.3 Å². The molecule has 0 saturated heterocycles. The highest BCUT2D eigenvalue weighted by atomic mass is 79.9. The zero-order chi connectivity index (χ0) is 15.8. The van der Waals surface area contributed by atoms with E-state index in [0.717, 1.165) is 15.8 Å². The number of halogens is 1. The molecule has 0 aromatic heterocycles. The lowest BCUT2D eigenvalue weighted by atomic mass is 10.1. The number of ether oxygens (including phenoxy) is 2. The maximum atomic E-state index is 11.6. The number of hydrogen-bond donors (Lipinski definition) is 0. The highest BCUT2D eigenvalue weighted by Crippen LogP contribution is 2.27. The van der Waals surface area contributed by atoms with Crippen LogP contribution >= 0.6 is 15.9 Å². The van der Waals surface area contributed by atoms with Crippen molar-refractivity contribution in [2.24, 2.45) is 5.92 Å². The zero-order valence-corrected chi connectivity index (χ0v) is 13.9. The van der Waals surface area contributed by atoms with Crippen LogP contribution in [0.2, 0.25) is 0 Å². The molecule has 0 aliphatic carbocycles. The molecule has 0 amide bonds. The SMILES string of the molecule is CCOC(=O)/C(C#N)=C\c1ccc(OCC(C)C)c(Br)c1. The Morgan fingerprint density at radius 3 is 2.71 bits per heavy atom. The third-order valence-electron chi connectivity index (χ3n) is 2.45. The number of nitriles is 1. The first-order valence-electron chi connectivity index (χ1n) is 6.69. The van der Waals surface area contributed by atoms with Crippen LogP contribution in [0.25, 0.3) is 6.08 Å². The summed E-state index contributed by atoms with van der Waals surface area (Å²) < 4.78 is 11.2. The van der Waals surface area contributed by atoms with E-state index in [-0.39, 0.29) is 12.2 Å². The van der Waals surface area contributed by atoms with Crippen molar-refractivity contribution in [3.63, 3.8) is 0 Å². The van der Waals surface area contributed by atoms with Crippen molar-refractivity contribution in [2.75, 3.05) is 13.2 Å². The highest BCUT2D eigenvalue weighted by molar-refractivity contribution is 9.10. The van der Waals surface area contributed by atoms with Crippen LogP contribution in [-0.4, -0.2) is 19.2 Å². The average Bonchev–Trinajstić information content (AvgIpc) is 2.43. The van der Waals surface area contributed by atoms with Crippen molar-refractivity contribution in [1.82, 2.24) is 0 Å². The quantitative estimate of drug-likeness (QED) is 0.442. The number of benzene rings is 1. The van der Waals surface area contributed by atoms with Gasteiger partial charge in [0.1, 0.15) is 17.4 Å². The molecule has 1 aromatic carbocycles. The lowest BCUT2D eigenvalue weighted by molar-refractivity contribution is -0.137. The van der Waals surface area contributed by atoms with Gasteiger partial charge in [0.05, 0.1) is 17.7 Å². The minimum atomic E-state index is -0.615. The van der Waals surface area contributed by atoms with Gasteiger partial charge in [0, 0.05) is 0 Å². The minimum absolute atomic E-state index is 0.0281. The van der Waals surface area contributed by atoms with Gasteiger partial charge in [-0.2, -0.15) is 5.26 Å². The van der Waals surface area contributed by atoms with Crippen LogP contribution in [0.1, 0.15) is 26.3 Å². The van der Waals surface area contributed by atoms with Crippen LogP contribution in [-0.2, 0) is 9.53 Å². The molecule has 1 rings (SSSR count). The second-order valence-corrected chi connectivity index (χ2v) is 5.64. The van der Waals surface area contributed by atoms with Gasteiger partial charge in [0.25, 0.3) is 0 Å². The molecule has 0 heterocycles. The normalized spacial score (nSPS) is 11.1. The molecule has 0 atom stereocenters. The Balaban J connectivity index is 2.92. The van der Waals surface area contributed by atoms with E-state index >= 15 is 0 Å².